The monoisotopic (exact) mass is 303 g/mol. The molecule has 0 saturated heterocycles. The molecule has 114 valence electrons. The predicted octanol–water partition coefficient (Wildman–Crippen LogP) is 2.29. The molecule has 0 saturated carbocycles. The van der Waals surface area contributed by atoms with Gasteiger partial charge in [0.2, 0.25) is 5.95 Å². The molecule has 1 aromatic carbocycles. The third-order valence-electron chi connectivity index (χ3n) is 2.73. The summed E-state index contributed by atoms with van der Waals surface area (Å²) in [4.78, 5) is 29.6. The largest absolute Gasteiger partial charge is 0.477 e. The van der Waals surface area contributed by atoms with Crippen LogP contribution < -0.4 is 4.90 Å². The maximum Gasteiger partial charge on any atom is 0.357 e. The van der Waals surface area contributed by atoms with Crippen LogP contribution in [0.1, 0.15) is 21.0 Å². The van der Waals surface area contributed by atoms with Crippen LogP contribution in [0.3, 0.4) is 0 Å². The maximum atomic E-state index is 10.9. The van der Waals surface area contributed by atoms with Crippen molar-refractivity contribution in [3.05, 3.63) is 35.7 Å². The van der Waals surface area contributed by atoms with E-state index in [0.29, 0.717) is 5.69 Å². The van der Waals surface area contributed by atoms with Gasteiger partial charge in [-0.1, -0.05) is 0 Å². The number of aromatic carboxylic acids is 2. The zero-order valence-electron chi connectivity index (χ0n) is 11.8. The highest BCUT2D eigenvalue weighted by atomic mass is 16.4. The van der Waals surface area contributed by atoms with E-state index in [2.05, 4.69) is 20.2 Å². The number of carboxylic acid groups (broad SMARTS) is 2. The van der Waals surface area contributed by atoms with E-state index >= 15 is 0 Å². The molecule has 0 bridgehead atoms. The molecule has 1 heterocycles. The lowest BCUT2D eigenvalue weighted by Crippen LogP contribution is -2.07. The van der Waals surface area contributed by atoms with Crippen molar-refractivity contribution in [2.75, 3.05) is 19.0 Å². The lowest BCUT2D eigenvalue weighted by Gasteiger charge is -2.11. The van der Waals surface area contributed by atoms with Gasteiger partial charge in [0.15, 0.2) is 11.4 Å². The number of hydrogen-bond acceptors (Lipinski definition) is 6. The Labute approximate surface area is 124 Å². The molecule has 0 fully saturated rings. The molecule has 3 N–H and O–H groups in total. The fourth-order valence-electron chi connectivity index (χ4n) is 1.64. The molecule has 1 aromatic heterocycles. The normalized spacial score (nSPS) is 10.8. The van der Waals surface area contributed by atoms with Crippen molar-refractivity contribution in [1.29, 1.82) is 0 Å². The van der Waals surface area contributed by atoms with Crippen LogP contribution in [0.5, 0.6) is 0 Å². The number of H-pyrrole nitrogens is 1. The van der Waals surface area contributed by atoms with E-state index in [0.717, 1.165) is 5.69 Å². The highest BCUT2D eigenvalue weighted by Gasteiger charge is 2.21. The predicted molar refractivity (Wildman–Crippen MR) is 77.5 cm³/mol. The number of benzene rings is 1. The summed E-state index contributed by atoms with van der Waals surface area (Å²) < 4.78 is 0. The van der Waals surface area contributed by atoms with E-state index < -0.39 is 23.3 Å². The van der Waals surface area contributed by atoms with Crippen molar-refractivity contribution in [3.63, 3.8) is 0 Å². The number of rotatable bonds is 5. The molecular formula is C13H13N5O4. The van der Waals surface area contributed by atoms with Crippen molar-refractivity contribution < 1.29 is 19.8 Å². The fraction of sp³-hybridized carbons (Fsp3) is 0.154. The van der Waals surface area contributed by atoms with E-state index in [4.69, 9.17) is 10.2 Å². The Bertz CT molecular complexity index is 702. The SMILES string of the molecule is CN(C)c1ccc(N=Nc2nc(C(=O)O)c(C(=O)O)[nH]2)cc1. The fourth-order valence-corrected chi connectivity index (χ4v) is 1.64. The number of aromatic amines is 1. The second-order valence-electron chi connectivity index (χ2n) is 4.51. The zero-order chi connectivity index (χ0) is 16.3. The summed E-state index contributed by atoms with van der Waals surface area (Å²) in [7, 11) is 3.81. The number of carboxylic acids is 2. The smallest absolute Gasteiger partial charge is 0.357 e. The van der Waals surface area contributed by atoms with Crippen molar-refractivity contribution in [2.24, 2.45) is 10.2 Å². The zero-order valence-corrected chi connectivity index (χ0v) is 11.8. The molecule has 9 heteroatoms. The number of aromatic nitrogens is 2. The minimum absolute atomic E-state index is 0.188. The number of carbonyl (C=O) groups is 2. The molecule has 0 amide bonds. The van der Waals surface area contributed by atoms with Crippen molar-refractivity contribution in [2.45, 2.75) is 0 Å². The van der Waals surface area contributed by atoms with Crippen LogP contribution in [0.2, 0.25) is 0 Å². The lowest BCUT2D eigenvalue weighted by atomic mass is 10.3. The molecular weight excluding hydrogens is 290 g/mol. The molecule has 22 heavy (non-hydrogen) atoms. The van der Waals surface area contributed by atoms with E-state index in [-0.39, 0.29) is 5.95 Å². The number of anilines is 1. The minimum Gasteiger partial charge on any atom is -0.477 e. The van der Waals surface area contributed by atoms with Gasteiger partial charge in [0.1, 0.15) is 0 Å². The van der Waals surface area contributed by atoms with Crippen LogP contribution in [0.4, 0.5) is 17.3 Å². The van der Waals surface area contributed by atoms with Gasteiger partial charge < -0.3 is 20.1 Å². The van der Waals surface area contributed by atoms with Gasteiger partial charge in [-0.3, -0.25) is 0 Å². The van der Waals surface area contributed by atoms with Gasteiger partial charge in [0, 0.05) is 19.8 Å². The van der Waals surface area contributed by atoms with Gasteiger partial charge in [-0.15, -0.1) is 10.2 Å². The van der Waals surface area contributed by atoms with Crippen molar-refractivity contribution in [3.8, 4) is 0 Å². The number of nitrogens with one attached hydrogen (secondary N) is 1. The molecule has 0 aliphatic rings. The van der Waals surface area contributed by atoms with Gasteiger partial charge in [-0.2, -0.15) is 0 Å². The van der Waals surface area contributed by atoms with E-state index in [9.17, 15) is 9.59 Å². The standard InChI is InChI=1S/C13H13N5O4/c1-18(2)8-5-3-7(4-6-8)16-17-13-14-9(11(19)20)10(15-13)12(21)22/h3-6H,1-2H3,(H,14,15)(H,19,20)(H,21,22). The van der Waals surface area contributed by atoms with Crippen LogP contribution in [0.25, 0.3) is 0 Å². The molecule has 2 aromatic rings. The molecule has 0 radical (unpaired) electrons. The minimum atomic E-state index is -1.45. The highest BCUT2D eigenvalue weighted by Crippen LogP contribution is 2.21. The molecule has 9 nitrogen and oxygen atoms in total. The third-order valence-corrected chi connectivity index (χ3v) is 2.73. The van der Waals surface area contributed by atoms with Gasteiger partial charge >= 0.3 is 11.9 Å². The Hall–Kier alpha value is -3.23. The third kappa shape index (κ3) is 3.26. The first-order valence-electron chi connectivity index (χ1n) is 6.14. The van der Waals surface area contributed by atoms with E-state index in [1.54, 1.807) is 12.1 Å². The Morgan fingerprint density at radius 1 is 1.09 bits per heavy atom. The van der Waals surface area contributed by atoms with Crippen LogP contribution in [-0.2, 0) is 0 Å². The van der Waals surface area contributed by atoms with Crippen LogP contribution in [-0.4, -0.2) is 46.2 Å². The van der Waals surface area contributed by atoms with E-state index in [1.807, 2.05) is 31.1 Å². The number of imidazole rings is 1. The summed E-state index contributed by atoms with van der Waals surface area (Å²) in [5.74, 6) is -3.07. The molecule has 0 aliphatic heterocycles. The quantitative estimate of drug-likeness (QED) is 0.726. The summed E-state index contributed by atoms with van der Waals surface area (Å²) in [5.41, 5.74) is 0.364. The van der Waals surface area contributed by atoms with Crippen LogP contribution in [0, 0.1) is 0 Å². The Morgan fingerprint density at radius 2 is 1.73 bits per heavy atom. The van der Waals surface area contributed by atoms with Crippen LogP contribution in [0.15, 0.2) is 34.5 Å². The first-order chi connectivity index (χ1) is 10.4. The van der Waals surface area contributed by atoms with Gasteiger partial charge in [0.05, 0.1) is 5.69 Å². The van der Waals surface area contributed by atoms with Crippen molar-refractivity contribution >= 4 is 29.3 Å². The summed E-state index contributed by atoms with van der Waals surface area (Å²) in [6, 6.07) is 7.11. The average molecular weight is 303 g/mol. The summed E-state index contributed by atoms with van der Waals surface area (Å²) in [6.07, 6.45) is 0. The van der Waals surface area contributed by atoms with Gasteiger partial charge in [0.25, 0.3) is 0 Å². The first kappa shape index (κ1) is 15.2. The highest BCUT2D eigenvalue weighted by molar-refractivity contribution is 5.99. The molecule has 0 unspecified atom stereocenters. The van der Waals surface area contributed by atoms with E-state index in [1.165, 1.54) is 0 Å². The Morgan fingerprint density at radius 3 is 2.18 bits per heavy atom. The molecule has 0 aliphatic carbocycles. The number of azo groups is 1. The second-order valence-corrected chi connectivity index (χ2v) is 4.51. The summed E-state index contributed by atoms with van der Waals surface area (Å²) in [6.45, 7) is 0. The Kier molecular flexibility index (Phi) is 4.16. The second kappa shape index (κ2) is 6.04. The summed E-state index contributed by atoms with van der Waals surface area (Å²) >= 11 is 0. The topological polar surface area (TPSA) is 131 Å². The average Bonchev–Trinajstić information content (AvgIpc) is 2.90. The van der Waals surface area contributed by atoms with Gasteiger partial charge in [-0.05, 0) is 24.3 Å². The van der Waals surface area contributed by atoms with Gasteiger partial charge in [-0.25, -0.2) is 14.6 Å². The number of hydrogen-bond donors (Lipinski definition) is 3. The number of nitrogens with zero attached hydrogens (tertiary/aromatic N) is 4. The Balaban J connectivity index is 2.24. The first-order valence-corrected chi connectivity index (χ1v) is 6.14. The van der Waals surface area contributed by atoms with Crippen LogP contribution >= 0.6 is 0 Å². The van der Waals surface area contributed by atoms with Crippen molar-refractivity contribution in [1.82, 2.24) is 9.97 Å². The summed E-state index contributed by atoms with van der Waals surface area (Å²) in [5, 5.41) is 25.3. The molecule has 0 atom stereocenters. The molecule has 0 spiro atoms. The maximum absolute atomic E-state index is 10.9. The molecule has 2 rings (SSSR count). The lowest BCUT2D eigenvalue weighted by molar-refractivity contribution is 0.0644.